The van der Waals surface area contributed by atoms with E-state index in [0.717, 1.165) is 36.4 Å². The number of aliphatic imine (C=N–C) groups is 1. The summed E-state index contributed by atoms with van der Waals surface area (Å²) >= 11 is 3.44. The molecular weight excluding hydrogens is 481 g/mol. The average molecular weight is 512 g/mol. The average Bonchev–Trinajstić information content (AvgIpc) is 2.51. The van der Waals surface area contributed by atoms with Gasteiger partial charge in [-0.3, -0.25) is 0 Å². The fraction of sp³-hybridized carbons (Fsp3) is 0.611. The van der Waals surface area contributed by atoms with Crippen molar-refractivity contribution in [2.75, 3.05) is 19.7 Å². The predicted octanol–water partition coefficient (Wildman–Crippen LogP) is 4.17. The third-order valence-corrected chi connectivity index (χ3v) is 4.11. The lowest BCUT2D eigenvalue weighted by atomic mass is 9.94. The van der Waals surface area contributed by atoms with Crippen molar-refractivity contribution in [3.63, 3.8) is 0 Å². The minimum absolute atomic E-state index is 0. The second kappa shape index (κ2) is 13.9. The van der Waals surface area contributed by atoms with Crippen LogP contribution in [0.15, 0.2) is 33.7 Å². The topological polar surface area (TPSA) is 56.7 Å². The van der Waals surface area contributed by atoms with E-state index in [4.69, 9.17) is 0 Å². The van der Waals surface area contributed by atoms with Crippen molar-refractivity contribution >= 4 is 45.9 Å². The van der Waals surface area contributed by atoms with Gasteiger partial charge in [-0.1, -0.05) is 41.9 Å². The summed E-state index contributed by atoms with van der Waals surface area (Å²) in [5.74, 6) is 1.94. The summed E-state index contributed by atoms with van der Waals surface area (Å²) in [6, 6.07) is 8.21. The van der Waals surface area contributed by atoms with E-state index in [1.807, 2.05) is 12.1 Å². The molecule has 3 N–H and O–H groups in total. The molecule has 1 unspecified atom stereocenters. The first-order valence-corrected chi connectivity index (χ1v) is 9.21. The largest absolute Gasteiger partial charge is 0.396 e. The van der Waals surface area contributed by atoms with Crippen LogP contribution in [0.5, 0.6) is 0 Å². The fourth-order valence-electron chi connectivity index (χ4n) is 2.50. The minimum Gasteiger partial charge on any atom is -0.396 e. The van der Waals surface area contributed by atoms with Gasteiger partial charge in [0.2, 0.25) is 0 Å². The predicted molar refractivity (Wildman–Crippen MR) is 117 cm³/mol. The molecule has 24 heavy (non-hydrogen) atoms. The number of guanidine groups is 1. The highest BCUT2D eigenvalue weighted by molar-refractivity contribution is 14.0. The molecule has 1 rings (SSSR count). The molecule has 0 aliphatic rings. The van der Waals surface area contributed by atoms with Crippen LogP contribution in [0.4, 0.5) is 0 Å². The molecule has 0 saturated carbocycles. The van der Waals surface area contributed by atoms with Gasteiger partial charge in [0, 0.05) is 24.2 Å². The summed E-state index contributed by atoms with van der Waals surface area (Å²) in [6.07, 6.45) is 1.94. The number of benzene rings is 1. The molecule has 0 aliphatic carbocycles. The first-order chi connectivity index (χ1) is 11.0. The summed E-state index contributed by atoms with van der Waals surface area (Å²) in [7, 11) is 0. The van der Waals surface area contributed by atoms with E-state index in [9.17, 15) is 5.11 Å². The molecule has 0 radical (unpaired) electrons. The molecule has 4 nitrogen and oxygen atoms in total. The van der Waals surface area contributed by atoms with Crippen LogP contribution in [-0.4, -0.2) is 30.8 Å². The molecule has 0 aromatic heterocycles. The minimum atomic E-state index is 0. The molecule has 0 fully saturated rings. The van der Waals surface area contributed by atoms with Crippen LogP contribution in [0.2, 0.25) is 0 Å². The number of hydrogen-bond acceptors (Lipinski definition) is 2. The first-order valence-electron chi connectivity index (χ1n) is 8.42. The van der Waals surface area contributed by atoms with E-state index < -0.39 is 0 Å². The third kappa shape index (κ3) is 10.5. The number of nitrogens with one attached hydrogen (secondary N) is 2. The van der Waals surface area contributed by atoms with Crippen LogP contribution in [-0.2, 0) is 6.54 Å². The summed E-state index contributed by atoms with van der Waals surface area (Å²) in [5.41, 5.74) is 1.18. The lowest BCUT2D eigenvalue weighted by molar-refractivity contribution is 0.243. The standard InChI is InChI=1S/C18H30BrN3O.HI/c1-4-20-18(21-12-15-5-7-17(19)8-6-15)22-13-16(9-10-23)11-14(2)3;/h5-8,14,16,23H,4,9-13H2,1-3H3,(H2,20,21,22);1H. The van der Waals surface area contributed by atoms with E-state index in [-0.39, 0.29) is 30.6 Å². The summed E-state index contributed by atoms with van der Waals surface area (Å²) in [6.45, 7) is 9.07. The third-order valence-electron chi connectivity index (χ3n) is 3.58. The molecule has 1 aromatic rings. The van der Waals surface area contributed by atoms with E-state index in [0.29, 0.717) is 18.4 Å². The highest BCUT2D eigenvalue weighted by atomic mass is 127. The number of halogens is 2. The SMILES string of the molecule is CCNC(=NCc1ccc(Br)cc1)NCC(CCO)CC(C)C.I. The quantitative estimate of drug-likeness (QED) is 0.265. The second-order valence-electron chi connectivity index (χ2n) is 6.21. The van der Waals surface area contributed by atoms with Crippen molar-refractivity contribution in [1.29, 1.82) is 0 Å². The maximum absolute atomic E-state index is 9.22. The van der Waals surface area contributed by atoms with Crippen molar-refractivity contribution in [2.24, 2.45) is 16.8 Å². The first kappa shape index (κ1) is 23.7. The Morgan fingerprint density at radius 2 is 1.88 bits per heavy atom. The maximum atomic E-state index is 9.22. The van der Waals surface area contributed by atoms with Gasteiger partial charge in [-0.15, -0.1) is 24.0 Å². The van der Waals surface area contributed by atoms with E-state index in [1.165, 1.54) is 5.56 Å². The summed E-state index contributed by atoms with van der Waals surface area (Å²) in [4.78, 5) is 4.64. The monoisotopic (exact) mass is 511 g/mol. The van der Waals surface area contributed by atoms with Gasteiger partial charge in [0.1, 0.15) is 0 Å². The van der Waals surface area contributed by atoms with Crippen molar-refractivity contribution in [3.05, 3.63) is 34.3 Å². The highest BCUT2D eigenvalue weighted by Crippen LogP contribution is 2.14. The number of aliphatic hydroxyl groups excluding tert-OH is 1. The lowest BCUT2D eigenvalue weighted by Gasteiger charge is -2.20. The van der Waals surface area contributed by atoms with E-state index in [1.54, 1.807) is 0 Å². The Labute approximate surface area is 172 Å². The Kier molecular flexibility index (Phi) is 13.7. The molecule has 1 aromatic carbocycles. The zero-order chi connectivity index (χ0) is 17.1. The van der Waals surface area contributed by atoms with Crippen molar-refractivity contribution in [1.82, 2.24) is 10.6 Å². The summed E-state index contributed by atoms with van der Waals surface area (Å²) in [5, 5.41) is 15.9. The molecule has 6 heteroatoms. The molecule has 0 heterocycles. The molecule has 138 valence electrons. The van der Waals surface area contributed by atoms with Gasteiger partial charge in [0.05, 0.1) is 6.54 Å². The molecule has 0 aliphatic heterocycles. The van der Waals surface area contributed by atoms with Crippen LogP contribution >= 0.6 is 39.9 Å². The molecule has 0 saturated heterocycles. The smallest absolute Gasteiger partial charge is 0.191 e. The van der Waals surface area contributed by atoms with Gasteiger partial charge < -0.3 is 15.7 Å². The Bertz CT molecular complexity index is 466. The van der Waals surface area contributed by atoms with Crippen molar-refractivity contribution in [2.45, 2.75) is 40.2 Å². The molecule has 0 amide bonds. The van der Waals surface area contributed by atoms with Crippen LogP contribution < -0.4 is 10.6 Å². The Balaban J connectivity index is 0.00000529. The van der Waals surface area contributed by atoms with Crippen LogP contribution in [0.3, 0.4) is 0 Å². The van der Waals surface area contributed by atoms with Crippen molar-refractivity contribution < 1.29 is 5.11 Å². The molecule has 0 spiro atoms. The van der Waals surface area contributed by atoms with Gasteiger partial charge in [0.25, 0.3) is 0 Å². The highest BCUT2D eigenvalue weighted by Gasteiger charge is 2.11. The van der Waals surface area contributed by atoms with Crippen LogP contribution in [0.25, 0.3) is 0 Å². The Morgan fingerprint density at radius 1 is 1.21 bits per heavy atom. The van der Waals surface area contributed by atoms with Gasteiger partial charge in [-0.05, 0) is 49.3 Å². The lowest BCUT2D eigenvalue weighted by Crippen LogP contribution is -2.40. The molecular formula is C18H31BrIN3O. The van der Waals surface area contributed by atoms with E-state index >= 15 is 0 Å². The number of aliphatic hydroxyl groups is 1. The number of hydrogen-bond donors (Lipinski definition) is 3. The van der Waals surface area contributed by atoms with Gasteiger partial charge in [-0.25, -0.2) is 4.99 Å². The zero-order valence-corrected chi connectivity index (χ0v) is 18.8. The molecule has 1 atom stereocenters. The molecule has 0 bridgehead atoms. The van der Waals surface area contributed by atoms with E-state index in [2.05, 4.69) is 64.5 Å². The fourth-order valence-corrected chi connectivity index (χ4v) is 2.76. The number of nitrogens with zero attached hydrogens (tertiary/aromatic N) is 1. The van der Waals surface area contributed by atoms with Crippen molar-refractivity contribution in [3.8, 4) is 0 Å². The normalized spacial score (nSPS) is 12.7. The maximum Gasteiger partial charge on any atom is 0.191 e. The van der Waals surface area contributed by atoms with Gasteiger partial charge in [-0.2, -0.15) is 0 Å². The summed E-state index contributed by atoms with van der Waals surface area (Å²) < 4.78 is 1.08. The van der Waals surface area contributed by atoms with Crippen LogP contribution in [0, 0.1) is 11.8 Å². The van der Waals surface area contributed by atoms with Crippen LogP contribution in [0.1, 0.15) is 39.2 Å². The Hall–Kier alpha value is -0.340. The van der Waals surface area contributed by atoms with Gasteiger partial charge in [0.15, 0.2) is 5.96 Å². The Morgan fingerprint density at radius 3 is 2.42 bits per heavy atom. The van der Waals surface area contributed by atoms with Gasteiger partial charge >= 0.3 is 0 Å². The number of rotatable bonds is 9. The second-order valence-corrected chi connectivity index (χ2v) is 7.13. The zero-order valence-electron chi connectivity index (χ0n) is 14.9.